The summed E-state index contributed by atoms with van der Waals surface area (Å²) in [6, 6.07) is 0. The fourth-order valence-corrected chi connectivity index (χ4v) is 0.843. The number of rotatable bonds is 2. The highest BCUT2D eigenvalue weighted by atomic mass is 19.1. The first-order valence-electron chi connectivity index (χ1n) is 3.44. The molecule has 1 N–H and O–H groups in total. The molecule has 0 radical (unpaired) electrons. The van der Waals surface area contributed by atoms with Gasteiger partial charge in [0, 0.05) is 5.56 Å². The summed E-state index contributed by atoms with van der Waals surface area (Å²) in [5.41, 5.74) is 0.683. The van der Waals surface area contributed by atoms with E-state index in [1.54, 1.807) is 6.20 Å². The number of halogens is 1. The highest BCUT2D eigenvalue weighted by molar-refractivity contribution is 5.10. The van der Waals surface area contributed by atoms with Crippen LogP contribution in [0.5, 0.6) is 0 Å². The summed E-state index contributed by atoms with van der Waals surface area (Å²) < 4.78 is 12.7. The molecule has 0 saturated heterocycles. The van der Waals surface area contributed by atoms with E-state index < -0.39 is 0 Å². The Morgan fingerprint density at radius 2 is 2.50 bits per heavy atom. The lowest BCUT2D eigenvalue weighted by Crippen LogP contribution is -1.91. The molecule has 1 rings (SSSR count). The third kappa shape index (κ3) is 1.17. The van der Waals surface area contributed by atoms with E-state index in [9.17, 15) is 4.39 Å². The number of aromatic nitrogens is 2. The summed E-state index contributed by atoms with van der Waals surface area (Å²) in [5, 5.41) is 5.86. The summed E-state index contributed by atoms with van der Waals surface area (Å²) in [6.07, 6.45) is 2.49. The molecular weight excluding hydrogens is 131 g/mol. The Balaban J connectivity index is 2.82. The number of nitrogens with zero attached hydrogens (tertiary/aromatic N) is 1. The average molecular weight is 142 g/mol. The van der Waals surface area contributed by atoms with E-state index in [-0.39, 0.29) is 11.9 Å². The Morgan fingerprint density at radius 1 is 1.80 bits per heavy atom. The van der Waals surface area contributed by atoms with Crippen LogP contribution in [0, 0.1) is 5.95 Å². The molecule has 1 aromatic rings. The van der Waals surface area contributed by atoms with Crippen molar-refractivity contribution in [2.75, 3.05) is 0 Å². The summed E-state index contributed by atoms with van der Waals surface area (Å²) >= 11 is 0. The van der Waals surface area contributed by atoms with Gasteiger partial charge in [-0.1, -0.05) is 13.8 Å². The number of hydrogen-bond acceptors (Lipinski definition) is 1. The van der Waals surface area contributed by atoms with Gasteiger partial charge in [0.05, 0.1) is 6.20 Å². The van der Waals surface area contributed by atoms with Crippen molar-refractivity contribution < 1.29 is 4.39 Å². The van der Waals surface area contributed by atoms with Crippen molar-refractivity contribution in [2.24, 2.45) is 0 Å². The molecule has 0 bridgehead atoms. The van der Waals surface area contributed by atoms with Gasteiger partial charge in [0.15, 0.2) is 0 Å². The Labute approximate surface area is 59.5 Å². The van der Waals surface area contributed by atoms with Crippen LogP contribution in [-0.4, -0.2) is 10.2 Å². The predicted octanol–water partition coefficient (Wildman–Crippen LogP) is 2.06. The Hall–Kier alpha value is -0.860. The van der Waals surface area contributed by atoms with Crippen LogP contribution in [0.1, 0.15) is 31.7 Å². The fourth-order valence-electron chi connectivity index (χ4n) is 0.843. The zero-order valence-corrected chi connectivity index (χ0v) is 6.19. The number of hydrogen-bond donors (Lipinski definition) is 1. The molecule has 1 unspecified atom stereocenters. The normalized spacial score (nSPS) is 13.5. The number of aromatic amines is 1. The third-order valence-corrected chi connectivity index (χ3v) is 1.76. The quantitative estimate of drug-likeness (QED) is 0.672. The van der Waals surface area contributed by atoms with Gasteiger partial charge in [-0.3, -0.25) is 5.10 Å². The van der Waals surface area contributed by atoms with Gasteiger partial charge in [-0.25, -0.2) is 0 Å². The monoisotopic (exact) mass is 142 g/mol. The van der Waals surface area contributed by atoms with Crippen molar-refractivity contribution in [1.29, 1.82) is 0 Å². The molecule has 0 fully saturated rings. The minimum atomic E-state index is -0.297. The lowest BCUT2D eigenvalue weighted by atomic mass is 10.0. The lowest BCUT2D eigenvalue weighted by molar-refractivity contribution is 0.549. The molecule has 0 amide bonds. The topological polar surface area (TPSA) is 28.7 Å². The molecule has 2 nitrogen and oxygen atoms in total. The van der Waals surface area contributed by atoms with Crippen LogP contribution in [0.3, 0.4) is 0 Å². The van der Waals surface area contributed by atoms with Gasteiger partial charge in [-0.05, 0) is 12.3 Å². The van der Waals surface area contributed by atoms with Crippen molar-refractivity contribution in [3.05, 3.63) is 17.7 Å². The molecule has 56 valence electrons. The minimum absolute atomic E-state index is 0.263. The van der Waals surface area contributed by atoms with Crippen LogP contribution in [0.15, 0.2) is 6.20 Å². The Kier molecular flexibility index (Phi) is 2.04. The minimum Gasteiger partial charge on any atom is -0.253 e. The van der Waals surface area contributed by atoms with Gasteiger partial charge in [-0.2, -0.15) is 9.49 Å². The summed E-state index contributed by atoms with van der Waals surface area (Å²) in [4.78, 5) is 0. The zero-order valence-electron chi connectivity index (χ0n) is 6.19. The number of H-pyrrole nitrogens is 1. The Bertz CT molecular complexity index is 207. The van der Waals surface area contributed by atoms with Crippen LogP contribution < -0.4 is 0 Å². The molecular formula is C7H11FN2. The standard InChI is InChI=1S/C7H11FN2/c1-3-5(2)6-4-9-10-7(6)8/h4-5H,3H2,1-2H3,(H,9,10). The SMILES string of the molecule is CCC(C)c1cn[nH]c1F. The second kappa shape index (κ2) is 2.82. The van der Waals surface area contributed by atoms with Crippen molar-refractivity contribution in [1.82, 2.24) is 10.2 Å². The molecule has 1 aromatic heterocycles. The van der Waals surface area contributed by atoms with Gasteiger partial charge >= 0.3 is 0 Å². The maximum absolute atomic E-state index is 12.7. The highest BCUT2D eigenvalue weighted by Gasteiger charge is 2.09. The van der Waals surface area contributed by atoms with E-state index in [0.29, 0.717) is 5.56 Å². The van der Waals surface area contributed by atoms with Gasteiger partial charge in [0.2, 0.25) is 5.95 Å². The predicted molar refractivity (Wildman–Crippen MR) is 37.3 cm³/mol. The van der Waals surface area contributed by atoms with Crippen molar-refractivity contribution in [3.63, 3.8) is 0 Å². The van der Waals surface area contributed by atoms with Gasteiger partial charge in [0.25, 0.3) is 0 Å². The van der Waals surface area contributed by atoms with Gasteiger partial charge in [-0.15, -0.1) is 0 Å². The van der Waals surface area contributed by atoms with Crippen LogP contribution >= 0.6 is 0 Å². The third-order valence-electron chi connectivity index (χ3n) is 1.76. The van der Waals surface area contributed by atoms with E-state index in [0.717, 1.165) is 6.42 Å². The molecule has 0 aromatic carbocycles. The molecule has 0 spiro atoms. The van der Waals surface area contributed by atoms with E-state index >= 15 is 0 Å². The molecule has 0 aliphatic carbocycles. The zero-order chi connectivity index (χ0) is 7.56. The van der Waals surface area contributed by atoms with E-state index in [1.807, 2.05) is 13.8 Å². The first kappa shape index (κ1) is 7.25. The van der Waals surface area contributed by atoms with E-state index in [4.69, 9.17) is 0 Å². The van der Waals surface area contributed by atoms with Crippen molar-refractivity contribution in [3.8, 4) is 0 Å². The van der Waals surface area contributed by atoms with Gasteiger partial charge < -0.3 is 0 Å². The van der Waals surface area contributed by atoms with Crippen molar-refractivity contribution in [2.45, 2.75) is 26.2 Å². The maximum atomic E-state index is 12.7. The first-order valence-corrected chi connectivity index (χ1v) is 3.44. The molecule has 0 saturated carbocycles. The fraction of sp³-hybridized carbons (Fsp3) is 0.571. The molecule has 1 atom stereocenters. The largest absolute Gasteiger partial charge is 0.253 e. The van der Waals surface area contributed by atoms with Crippen molar-refractivity contribution >= 4 is 0 Å². The lowest BCUT2D eigenvalue weighted by Gasteiger charge is -2.02. The first-order chi connectivity index (χ1) is 4.75. The molecule has 0 aliphatic rings. The second-order valence-electron chi connectivity index (χ2n) is 2.45. The van der Waals surface area contributed by atoms with Crippen LogP contribution in [0.4, 0.5) is 4.39 Å². The van der Waals surface area contributed by atoms with E-state index in [2.05, 4.69) is 10.2 Å². The smallest absolute Gasteiger partial charge is 0.212 e. The average Bonchev–Trinajstić information content (AvgIpc) is 2.34. The molecule has 0 aliphatic heterocycles. The van der Waals surface area contributed by atoms with Crippen LogP contribution in [-0.2, 0) is 0 Å². The molecule has 3 heteroatoms. The summed E-state index contributed by atoms with van der Waals surface area (Å²) in [6.45, 7) is 4.00. The molecule has 1 heterocycles. The maximum Gasteiger partial charge on any atom is 0.212 e. The van der Waals surface area contributed by atoms with Crippen LogP contribution in [0.25, 0.3) is 0 Å². The summed E-state index contributed by atoms with van der Waals surface area (Å²) in [7, 11) is 0. The van der Waals surface area contributed by atoms with Crippen LogP contribution in [0.2, 0.25) is 0 Å². The van der Waals surface area contributed by atoms with Gasteiger partial charge in [0.1, 0.15) is 0 Å². The second-order valence-corrected chi connectivity index (χ2v) is 2.45. The Morgan fingerprint density at radius 3 is 2.90 bits per heavy atom. The highest BCUT2D eigenvalue weighted by Crippen LogP contribution is 2.18. The summed E-state index contributed by atoms with van der Waals surface area (Å²) in [5.74, 6) is -0.0342. The number of nitrogens with one attached hydrogen (secondary N) is 1. The molecule has 10 heavy (non-hydrogen) atoms. The van der Waals surface area contributed by atoms with E-state index in [1.165, 1.54) is 0 Å².